The Morgan fingerprint density at radius 2 is 2.00 bits per heavy atom. The molecule has 54 valence electrons. The van der Waals surface area contributed by atoms with Crippen molar-refractivity contribution in [1.82, 2.24) is 0 Å². The highest BCUT2D eigenvalue weighted by molar-refractivity contribution is 6.15. The van der Waals surface area contributed by atoms with E-state index in [0.717, 1.165) is 27.2 Å². The maximum absolute atomic E-state index is 9.53. The summed E-state index contributed by atoms with van der Waals surface area (Å²) in [6, 6.07) is 0. The molecule has 0 aromatic rings. The van der Waals surface area contributed by atoms with Crippen molar-refractivity contribution >= 4 is 27.1 Å². The molecule has 0 aliphatic rings. The van der Waals surface area contributed by atoms with Gasteiger partial charge in [0.15, 0.2) is 0 Å². The first kappa shape index (κ1) is 11.2. The minimum Gasteiger partial charge on any atom is -0.471 e. The molecule has 0 unspecified atom stereocenters. The van der Waals surface area contributed by atoms with Crippen molar-refractivity contribution in [1.29, 1.82) is 0 Å². The Hall–Kier alpha value is -0.596. The van der Waals surface area contributed by atoms with E-state index in [-0.39, 0.29) is 0 Å². The molecule has 0 saturated heterocycles. The van der Waals surface area contributed by atoms with E-state index in [9.17, 15) is 4.79 Å². The molecule has 0 rings (SSSR count). The molecule has 0 aromatic carbocycles. The zero-order valence-electron chi connectivity index (χ0n) is 5.59. The van der Waals surface area contributed by atoms with Crippen LogP contribution in [0.15, 0.2) is 12.8 Å². The quantitative estimate of drug-likeness (QED) is 0.354. The second-order valence-electron chi connectivity index (χ2n) is 1.01. The first-order valence-corrected chi connectivity index (χ1v) is 3.79. The fraction of sp³-hybridized carbons (Fsp3) is 0. The van der Waals surface area contributed by atoms with Crippen LogP contribution in [-0.4, -0.2) is 27.1 Å². The Labute approximate surface area is 60.1 Å². The Morgan fingerprint density at radius 1 is 1.67 bits per heavy atom. The predicted molar refractivity (Wildman–Crippen MR) is 41.8 cm³/mol. The van der Waals surface area contributed by atoms with Gasteiger partial charge in [0.2, 0.25) is 0 Å². The van der Waals surface area contributed by atoms with Crippen LogP contribution in [0, 0.1) is 0 Å². The average Bonchev–Trinajstić information content (AvgIpc) is 1.67. The molecular weight excluding hydrogens is 154 g/mol. The standard InChI is InChI=1S/C3H5NO2.H6OSi2/c1-2-6-3(4)5;2-1-3/h2H,1H2,(H2,4,5);2-3H3. The molecule has 0 bridgehead atoms. The number of ether oxygens (including phenoxy) is 1. The highest BCUT2D eigenvalue weighted by Gasteiger charge is 1.79. The fourth-order valence-electron chi connectivity index (χ4n) is 0.0821. The molecule has 0 aliphatic heterocycles. The SMILES string of the molecule is C=COC(N)=O.[SiH3]O[SiH3]. The normalized spacial score (nSPS) is 7.11. The summed E-state index contributed by atoms with van der Waals surface area (Å²) in [7, 11) is 1.86. The van der Waals surface area contributed by atoms with Gasteiger partial charge in [-0.2, -0.15) is 0 Å². The Kier molecular flexibility index (Phi) is 13.0. The van der Waals surface area contributed by atoms with E-state index in [4.69, 9.17) is 0 Å². The number of hydrogen-bond donors (Lipinski definition) is 1. The monoisotopic (exact) mass is 165 g/mol. The highest BCUT2D eigenvalue weighted by atomic mass is 28.3. The molecule has 2 N–H and O–H groups in total. The fourth-order valence-corrected chi connectivity index (χ4v) is 0.0821. The minimum absolute atomic E-state index is 0.829. The van der Waals surface area contributed by atoms with Crippen molar-refractivity contribution in [3.63, 3.8) is 0 Å². The van der Waals surface area contributed by atoms with Crippen LogP contribution in [0.25, 0.3) is 0 Å². The van der Waals surface area contributed by atoms with E-state index < -0.39 is 6.09 Å². The van der Waals surface area contributed by atoms with E-state index in [0.29, 0.717) is 0 Å². The van der Waals surface area contributed by atoms with Gasteiger partial charge < -0.3 is 14.6 Å². The second kappa shape index (κ2) is 10.4. The number of rotatable bonds is 1. The molecule has 0 fully saturated rings. The summed E-state index contributed by atoms with van der Waals surface area (Å²) >= 11 is 0. The summed E-state index contributed by atoms with van der Waals surface area (Å²) in [5, 5.41) is 0. The number of carbonyl (C=O) groups is 1. The molecule has 0 aliphatic carbocycles. The largest absolute Gasteiger partial charge is 0.471 e. The maximum Gasteiger partial charge on any atom is 0.409 e. The van der Waals surface area contributed by atoms with Crippen molar-refractivity contribution in [2.75, 3.05) is 0 Å². The average molecular weight is 165 g/mol. The van der Waals surface area contributed by atoms with Crippen LogP contribution in [0.3, 0.4) is 0 Å². The number of nitrogens with two attached hydrogens (primary N) is 1. The third kappa shape index (κ3) is 37.4. The Bertz CT molecular complexity index is 87.1. The summed E-state index contributed by atoms with van der Waals surface area (Å²) < 4.78 is 8.47. The van der Waals surface area contributed by atoms with Gasteiger partial charge in [-0.05, 0) is 0 Å². The number of primary amides is 1. The summed E-state index contributed by atoms with van der Waals surface area (Å²) in [5.41, 5.74) is 4.47. The summed E-state index contributed by atoms with van der Waals surface area (Å²) in [5.74, 6) is 0. The van der Waals surface area contributed by atoms with Crippen LogP contribution in [0.1, 0.15) is 0 Å². The van der Waals surface area contributed by atoms with E-state index in [1.54, 1.807) is 0 Å². The van der Waals surface area contributed by atoms with Gasteiger partial charge in [-0.3, -0.25) is 0 Å². The maximum atomic E-state index is 9.53. The van der Waals surface area contributed by atoms with Crippen molar-refractivity contribution in [2.45, 2.75) is 0 Å². The van der Waals surface area contributed by atoms with Crippen LogP contribution < -0.4 is 5.73 Å². The molecule has 0 heterocycles. The van der Waals surface area contributed by atoms with E-state index in [1.165, 1.54) is 0 Å². The van der Waals surface area contributed by atoms with Gasteiger partial charge in [-0.1, -0.05) is 6.58 Å². The van der Waals surface area contributed by atoms with Crippen LogP contribution in [0.5, 0.6) is 0 Å². The second-order valence-corrected chi connectivity index (χ2v) is 4.28. The predicted octanol–water partition coefficient (Wildman–Crippen LogP) is -2.21. The van der Waals surface area contributed by atoms with Gasteiger partial charge in [-0.25, -0.2) is 4.79 Å². The van der Waals surface area contributed by atoms with Gasteiger partial charge in [-0.15, -0.1) is 0 Å². The van der Waals surface area contributed by atoms with Gasteiger partial charge in [0, 0.05) is 0 Å². The van der Waals surface area contributed by atoms with Crippen molar-refractivity contribution in [3.8, 4) is 0 Å². The number of amides is 1. The molecule has 0 aromatic heterocycles. The zero-order chi connectivity index (χ0) is 7.70. The lowest BCUT2D eigenvalue weighted by Crippen LogP contribution is -2.08. The minimum atomic E-state index is -0.829. The lowest BCUT2D eigenvalue weighted by molar-refractivity contribution is 0.196. The third-order valence-corrected chi connectivity index (χ3v) is 0.199. The molecule has 0 atom stereocenters. The molecule has 4 nitrogen and oxygen atoms in total. The first-order valence-electron chi connectivity index (χ1n) is 2.16. The Morgan fingerprint density at radius 3 is 2.00 bits per heavy atom. The topological polar surface area (TPSA) is 61.5 Å². The molecule has 0 spiro atoms. The number of hydrogen-bond acceptors (Lipinski definition) is 3. The van der Waals surface area contributed by atoms with Crippen LogP contribution in [-0.2, 0) is 8.85 Å². The zero-order valence-corrected chi connectivity index (χ0v) is 9.59. The van der Waals surface area contributed by atoms with E-state index >= 15 is 0 Å². The van der Waals surface area contributed by atoms with Crippen LogP contribution in [0.2, 0.25) is 0 Å². The number of carbonyl (C=O) groups excluding carboxylic acids is 1. The molecule has 1 amide bonds. The lowest BCUT2D eigenvalue weighted by Gasteiger charge is -1.83. The summed E-state index contributed by atoms with van der Waals surface area (Å²) in [6.45, 7) is 3.08. The first-order chi connectivity index (χ1) is 4.18. The van der Waals surface area contributed by atoms with Crippen molar-refractivity contribution in [2.24, 2.45) is 5.73 Å². The summed E-state index contributed by atoms with van der Waals surface area (Å²) in [4.78, 5) is 9.53. The van der Waals surface area contributed by atoms with Crippen molar-refractivity contribution in [3.05, 3.63) is 12.8 Å². The molecular formula is C3H11NO3Si2. The summed E-state index contributed by atoms with van der Waals surface area (Å²) in [6.07, 6.45) is 0.146. The van der Waals surface area contributed by atoms with Crippen LogP contribution in [0.4, 0.5) is 4.79 Å². The van der Waals surface area contributed by atoms with Gasteiger partial charge in [0.1, 0.15) is 21.0 Å². The third-order valence-electron chi connectivity index (χ3n) is 0.199. The smallest absolute Gasteiger partial charge is 0.409 e. The van der Waals surface area contributed by atoms with Crippen molar-refractivity contribution < 1.29 is 13.6 Å². The van der Waals surface area contributed by atoms with E-state index in [2.05, 4.69) is 21.2 Å². The van der Waals surface area contributed by atoms with Gasteiger partial charge in [0.25, 0.3) is 0 Å². The van der Waals surface area contributed by atoms with Crippen LogP contribution >= 0.6 is 0 Å². The molecule has 6 heteroatoms. The van der Waals surface area contributed by atoms with Gasteiger partial charge >= 0.3 is 6.09 Å². The lowest BCUT2D eigenvalue weighted by atomic mass is 11.1. The van der Waals surface area contributed by atoms with Gasteiger partial charge in [0.05, 0.1) is 6.26 Å². The van der Waals surface area contributed by atoms with E-state index in [1.807, 2.05) is 0 Å². The molecule has 0 radical (unpaired) electrons. The highest BCUT2D eigenvalue weighted by Crippen LogP contribution is 1.66. The molecule has 9 heavy (non-hydrogen) atoms. The molecule has 0 saturated carbocycles. The Balaban J connectivity index is 0.